The largest absolute Gasteiger partial charge is 0.330 e. The van der Waals surface area contributed by atoms with Crippen molar-refractivity contribution < 1.29 is 0 Å². The molecule has 0 fully saturated rings. The quantitative estimate of drug-likeness (QED) is 0.692. The molecule has 0 saturated carbocycles. The second-order valence-corrected chi connectivity index (χ2v) is 7.08. The van der Waals surface area contributed by atoms with Crippen LogP contribution in [0.25, 0.3) is 17.1 Å². The van der Waals surface area contributed by atoms with Crippen LogP contribution >= 0.6 is 23.4 Å². The SMILES string of the molecule is Cc1ccc(C)c(-n2c(SCCN)nnc2-c2cccc(Cl)c2)c1. The molecule has 0 amide bonds. The molecule has 0 radical (unpaired) electrons. The summed E-state index contributed by atoms with van der Waals surface area (Å²) in [7, 11) is 0. The summed E-state index contributed by atoms with van der Waals surface area (Å²) in [5.41, 5.74) is 10.0. The first kappa shape index (κ1) is 17.0. The zero-order chi connectivity index (χ0) is 17.1. The highest BCUT2D eigenvalue weighted by atomic mass is 35.5. The Morgan fingerprint density at radius 3 is 2.71 bits per heavy atom. The predicted molar refractivity (Wildman–Crippen MR) is 101 cm³/mol. The maximum absolute atomic E-state index is 6.16. The molecule has 6 heteroatoms. The lowest BCUT2D eigenvalue weighted by Crippen LogP contribution is -2.05. The van der Waals surface area contributed by atoms with Gasteiger partial charge >= 0.3 is 0 Å². The van der Waals surface area contributed by atoms with Gasteiger partial charge in [0.1, 0.15) is 0 Å². The van der Waals surface area contributed by atoms with Crippen LogP contribution in [0.5, 0.6) is 0 Å². The average Bonchev–Trinajstić information content (AvgIpc) is 2.99. The molecular formula is C18H19ClN4S. The Kier molecular flexibility index (Phi) is 5.23. The van der Waals surface area contributed by atoms with Gasteiger partial charge in [-0.3, -0.25) is 4.57 Å². The zero-order valence-corrected chi connectivity index (χ0v) is 15.2. The number of halogens is 1. The lowest BCUT2D eigenvalue weighted by Gasteiger charge is -2.14. The van der Waals surface area contributed by atoms with E-state index in [1.165, 1.54) is 11.1 Å². The molecule has 2 aromatic carbocycles. The average molecular weight is 359 g/mol. The first-order valence-corrected chi connectivity index (χ1v) is 9.08. The molecule has 0 saturated heterocycles. The Bertz CT molecular complexity index is 860. The van der Waals surface area contributed by atoms with E-state index in [2.05, 4.69) is 46.8 Å². The van der Waals surface area contributed by atoms with Gasteiger partial charge in [0.2, 0.25) is 0 Å². The molecule has 24 heavy (non-hydrogen) atoms. The van der Waals surface area contributed by atoms with Crippen LogP contribution in [0.3, 0.4) is 0 Å². The van der Waals surface area contributed by atoms with Crippen LogP contribution in [0.2, 0.25) is 5.02 Å². The molecule has 2 N–H and O–H groups in total. The van der Waals surface area contributed by atoms with Crippen molar-refractivity contribution in [3.63, 3.8) is 0 Å². The van der Waals surface area contributed by atoms with Gasteiger partial charge in [0.05, 0.1) is 5.69 Å². The molecule has 1 aromatic heterocycles. The minimum Gasteiger partial charge on any atom is -0.330 e. The van der Waals surface area contributed by atoms with Crippen LogP contribution in [-0.2, 0) is 0 Å². The smallest absolute Gasteiger partial charge is 0.196 e. The van der Waals surface area contributed by atoms with Crippen LogP contribution in [0.4, 0.5) is 0 Å². The fraction of sp³-hybridized carbons (Fsp3) is 0.222. The molecule has 0 spiro atoms. The van der Waals surface area contributed by atoms with Gasteiger partial charge in [0, 0.05) is 22.9 Å². The van der Waals surface area contributed by atoms with Crippen molar-refractivity contribution in [3.05, 3.63) is 58.6 Å². The van der Waals surface area contributed by atoms with Crippen molar-refractivity contribution in [1.29, 1.82) is 0 Å². The van der Waals surface area contributed by atoms with Crippen LogP contribution in [0, 0.1) is 13.8 Å². The van der Waals surface area contributed by atoms with Crippen molar-refractivity contribution in [3.8, 4) is 17.1 Å². The summed E-state index contributed by atoms with van der Waals surface area (Å²) in [5, 5.41) is 10.3. The lowest BCUT2D eigenvalue weighted by atomic mass is 10.1. The number of thioether (sulfide) groups is 1. The molecule has 0 atom stereocenters. The molecule has 3 rings (SSSR count). The summed E-state index contributed by atoms with van der Waals surface area (Å²) in [6.07, 6.45) is 0. The minimum absolute atomic E-state index is 0.594. The molecule has 0 aliphatic heterocycles. The van der Waals surface area contributed by atoms with Gasteiger partial charge in [-0.15, -0.1) is 10.2 Å². The number of benzene rings is 2. The summed E-state index contributed by atoms with van der Waals surface area (Å²) in [4.78, 5) is 0. The van der Waals surface area contributed by atoms with E-state index in [0.29, 0.717) is 11.6 Å². The van der Waals surface area contributed by atoms with E-state index in [1.807, 2.05) is 24.3 Å². The molecule has 3 aromatic rings. The fourth-order valence-corrected chi connectivity index (χ4v) is 3.41. The van der Waals surface area contributed by atoms with Gasteiger partial charge in [-0.2, -0.15) is 0 Å². The Morgan fingerprint density at radius 1 is 1.12 bits per heavy atom. The van der Waals surface area contributed by atoms with Gasteiger partial charge in [-0.05, 0) is 43.2 Å². The molecule has 1 heterocycles. The third-order valence-corrected chi connectivity index (χ3v) is 4.87. The minimum atomic E-state index is 0.594. The predicted octanol–water partition coefficient (Wildman–Crippen LogP) is 4.26. The molecule has 0 unspecified atom stereocenters. The highest BCUT2D eigenvalue weighted by molar-refractivity contribution is 7.99. The van der Waals surface area contributed by atoms with Crippen molar-refractivity contribution in [2.24, 2.45) is 5.73 Å². The van der Waals surface area contributed by atoms with E-state index < -0.39 is 0 Å². The van der Waals surface area contributed by atoms with Crippen molar-refractivity contribution in [2.75, 3.05) is 12.3 Å². The highest BCUT2D eigenvalue weighted by Crippen LogP contribution is 2.30. The van der Waals surface area contributed by atoms with Crippen LogP contribution in [-0.4, -0.2) is 27.1 Å². The molecule has 0 bridgehead atoms. The Balaban J connectivity index is 2.20. The first-order valence-electron chi connectivity index (χ1n) is 7.72. The topological polar surface area (TPSA) is 56.7 Å². The number of aryl methyl sites for hydroxylation is 2. The molecule has 4 nitrogen and oxygen atoms in total. The van der Waals surface area contributed by atoms with Crippen LogP contribution in [0.15, 0.2) is 47.6 Å². The number of hydrogen-bond donors (Lipinski definition) is 1. The fourth-order valence-electron chi connectivity index (χ4n) is 2.51. The number of nitrogens with two attached hydrogens (primary N) is 1. The monoisotopic (exact) mass is 358 g/mol. The van der Waals surface area contributed by atoms with Crippen molar-refractivity contribution >= 4 is 23.4 Å². The van der Waals surface area contributed by atoms with Crippen LogP contribution < -0.4 is 5.73 Å². The summed E-state index contributed by atoms with van der Waals surface area (Å²) in [5.74, 6) is 1.57. The molecule has 0 aliphatic carbocycles. The van der Waals surface area contributed by atoms with E-state index in [1.54, 1.807) is 11.8 Å². The second kappa shape index (κ2) is 7.38. The van der Waals surface area contributed by atoms with E-state index in [4.69, 9.17) is 17.3 Å². The number of aromatic nitrogens is 3. The van der Waals surface area contributed by atoms with E-state index in [-0.39, 0.29) is 0 Å². The van der Waals surface area contributed by atoms with Gasteiger partial charge < -0.3 is 5.73 Å². The lowest BCUT2D eigenvalue weighted by molar-refractivity contribution is 0.878. The summed E-state index contributed by atoms with van der Waals surface area (Å²) >= 11 is 7.77. The van der Waals surface area contributed by atoms with E-state index >= 15 is 0 Å². The Morgan fingerprint density at radius 2 is 1.96 bits per heavy atom. The summed E-state index contributed by atoms with van der Waals surface area (Å²) < 4.78 is 2.09. The maximum atomic E-state index is 6.16. The number of nitrogens with zero attached hydrogens (tertiary/aromatic N) is 3. The number of rotatable bonds is 5. The standard InChI is InChI=1S/C18H19ClN4S/c1-12-6-7-13(2)16(10-12)23-17(14-4-3-5-15(19)11-14)21-22-18(23)24-9-8-20/h3-7,10-11H,8-9,20H2,1-2H3. The third kappa shape index (κ3) is 3.48. The van der Waals surface area contributed by atoms with Crippen molar-refractivity contribution in [1.82, 2.24) is 14.8 Å². The van der Waals surface area contributed by atoms with Gasteiger partial charge in [-0.25, -0.2) is 0 Å². The van der Waals surface area contributed by atoms with Gasteiger partial charge in [0.15, 0.2) is 11.0 Å². The molecule has 0 aliphatic rings. The van der Waals surface area contributed by atoms with Crippen molar-refractivity contribution in [2.45, 2.75) is 19.0 Å². The van der Waals surface area contributed by atoms with E-state index in [0.717, 1.165) is 28.0 Å². The number of hydrogen-bond acceptors (Lipinski definition) is 4. The van der Waals surface area contributed by atoms with E-state index in [9.17, 15) is 0 Å². The Hall–Kier alpha value is -1.82. The maximum Gasteiger partial charge on any atom is 0.196 e. The van der Waals surface area contributed by atoms with Crippen LogP contribution in [0.1, 0.15) is 11.1 Å². The highest BCUT2D eigenvalue weighted by Gasteiger charge is 2.17. The molecular weight excluding hydrogens is 340 g/mol. The third-order valence-electron chi connectivity index (χ3n) is 3.67. The summed E-state index contributed by atoms with van der Waals surface area (Å²) in [6, 6.07) is 14.1. The normalized spacial score (nSPS) is 11.0. The summed E-state index contributed by atoms with van der Waals surface area (Å²) in [6.45, 7) is 4.77. The second-order valence-electron chi connectivity index (χ2n) is 5.58. The first-order chi connectivity index (χ1) is 11.6. The zero-order valence-electron chi connectivity index (χ0n) is 13.7. The van der Waals surface area contributed by atoms with Gasteiger partial charge in [0.25, 0.3) is 0 Å². The molecule has 124 valence electrons. The van der Waals surface area contributed by atoms with Gasteiger partial charge in [-0.1, -0.05) is 47.6 Å². The Labute approximate surface area is 151 Å².